The fraction of sp³-hybridized carbons (Fsp3) is 0.188. The van der Waals surface area contributed by atoms with Gasteiger partial charge in [0.05, 0.1) is 12.1 Å². The van der Waals surface area contributed by atoms with Crippen LogP contribution >= 0.6 is 11.6 Å². The molecule has 0 spiro atoms. The standard InChI is InChI=1S/C16H14ClNO3/c17-11-5-6-14(13(8-11)16(19)20)18-9-12-7-10-3-1-2-4-15(10)21-12/h1-6,8,12,18H,7,9H2,(H,19,20). The van der Waals surface area contributed by atoms with Crippen molar-refractivity contribution in [2.45, 2.75) is 12.5 Å². The monoisotopic (exact) mass is 303 g/mol. The Hall–Kier alpha value is -2.20. The summed E-state index contributed by atoms with van der Waals surface area (Å²) in [6.07, 6.45) is 0.818. The van der Waals surface area contributed by atoms with Gasteiger partial charge >= 0.3 is 5.97 Å². The highest BCUT2D eigenvalue weighted by atomic mass is 35.5. The maximum absolute atomic E-state index is 11.2. The Morgan fingerprint density at radius 1 is 1.33 bits per heavy atom. The number of carboxylic acids is 1. The van der Waals surface area contributed by atoms with Crippen LogP contribution in [0.1, 0.15) is 15.9 Å². The van der Waals surface area contributed by atoms with Crippen molar-refractivity contribution in [3.63, 3.8) is 0 Å². The molecule has 0 radical (unpaired) electrons. The molecule has 2 aromatic carbocycles. The molecule has 1 heterocycles. The van der Waals surface area contributed by atoms with E-state index in [9.17, 15) is 9.90 Å². The second-order valence-corrected chi connectivity index (χ2v) is 5.36. The summed E-state index contributed by atoms with van der Waals surface area (Å²) in [5.41, 5.74) is 1.89. The number of nitrogens with one attached hydrogen (secondary N) is 1. The van der Waals surface area contributed by atoms with Gasteiger partial charge in [0.2, 0.25) is 0 Å². The number of benzene rings is 2. The van der Waals surface area contributed by atoms with Crippen molar-refractivity contribution < 1.29 is 14.6 Å². The van der Waals surface area contributed by atoms with Gasteiger partial charge in [0.25, 0.3) is 0 Å². The Bertz CT molecular complexity index is 662. The number of rotatable bonds is 4. The number of halogens is 1. The molecule has 3 rings (SSSR count). The number of aromatic carboxylic acids is 1. The van der Waals surface area contributed by atoms with Gasteiger partial charge in [-0.25, -0.2) is 4.79 Å². The molecule has 0 aromatic heterocycles. The maximum Gasteiger partial charge on any atom is 0.337 e. The third-order valence-corrected chi connectivity index (χ3v) is 3.68. The molecule has 0 saturated carbocycles. The Morgan fingerprint density at radius 3 is 2.90 bits per heavy atom. The van der Waals surface area contributed by atoms with Gasteiger partial charge in [-0.2, -0.15) is 0 Å². The van der Waals surface area contributed by atoms with Gasteiger partial charge in [-0.15, -0.1) is 0 Å². The fourth-order valence-electron chi connectivity index (χ4n) is 2.44. The quantitative estimate of drug-likeness (QED) is 0.908. The average molecular weight is 304 g/mol. The topological polar surface area (TPSA) is 58.6 Å². The van der Waals surface area contributed by atoms with E-state index in [1.165, 1.54) is 11.6 Å². The summed E-state index contributed by atoms with van der Waals surface area (Å²) in [5.74, 6) is -0.102. The molecule has 0 aliphatic carbocycles. The Labute approximate surface area is 127 Å². The smallest absolute Gasteiger partial charge is 0.337 e. The molecule has 1 aliphatic rings. The second-order valence-electron chi connectivity index (χ2n) is 4.93. The van der Waals surface area contributed by atoms with Crippen molar-refractivity contribution >= 4 is 23.3 Å². The first-order chi connectivity index (χ1) is 10.1. The third-order valence-electron chi connectivity index (χ3n) is 3.45. The largest absolute Gasteiger partial charge is 0.488 e. The molecule has 2 aromatic rings. The van der Waals surface area contributed by atoms with Gasteiger partial charge in [0.15, 0.2) is 0 Å². The molecule has 108 valence electrons. The van der Waals surface area contributed by atoms with E-state index >= 15 is 0 Å². The highest BCUT2D eigenvalue weighted by Gasteiger charge is 2.22. The summed E-state index contributed by atoms with van der Waals surface area (Å²) in [5, 5.41) is 12.7. The summed E-state index contributed by atoms with van der Waals surface area (Å²) >= 11 is 5.83. The molecular weight excluding hydrogens is 290 g/mol. The van der Waals surface area contributed by atoms with E-state index in [1.54, 1.807) is 12.1 Å². The Morgan fingerprint density at radius 2 is 2.14 bits per heavy atom. The summed E-state index contributed by atoms with van der Waals surface area (Å²) in [4.78, 5) is 11.2. The number of carbonyl (C=O) groups is 1. The van der Waals surface area contributed by atoms with Crippen LogP contribution in [0.15, 0.2) is 42.5 Å². The van der Waals surface area contributed by atoms with Gasteiger partial charge in [-0.05, 0) is 29.8 Å². The minimum atomic E-state index is -1.00. The van der Waals surface area contributed by atoms with E-state index in [0.717, 1.165) is 12.2 Å². The fourth-order valence-corrected chi connectivity index (χ4v) is 2.61. The first-order valence-electron chi connectivity index (χ1n) is 6.65. The number of ether oxygens (including phenoxy) is 1. The lowest BCUT2D eigenvalue weighted by atomic mass is 10.1. The van der Waals surface area contributed by atoms with Crippen molar-refractivity contribution in [3.05, 3.63) is 58.6 Å². The zero-order chi connectivity index (χ0) is 14.8. The molecule has 1 aliphatic heterocycles. The molecule has 0 bridgehead atoms. The molecule has 21 heavy (non-hydrogen) atoms. The highest BCUT2D eigenvalue weighted by Crippen LogP contribution is 2.28. The maximum atomic E-state index is 11.2. The molecule has 0 fully saturated rings. The van der Waals surface area contributed by atoms with Crippen molar-refractivity contribution in [1.82, 2.24) is 0 Å². The van der Waals surface area contributed by atoms with E-state index < -0.39 is 5.97 Å². The number of hydrogen-bond acceptors (Lipinski definition) is 3. The molecule has 5 heteroatoms. The van der Waals surface area contributed by atoms with Crippen LogP contribution in [0.3, 0.4) is 0 Å². The van der Waals surface area contributed by atoms with Gasteiger partial charge < -0.3 is 15.2 Å². The second kappa shape index (κ2) is 5.66. The molecule has 0 amide bonds. The van der Waals surface area contributed by atoms with Crippen LogP contribution < -0.4 is 10.1 Å². The van der Waals surface area contributed by atoms with Crippen molar-refractivity contribution in [2.24, 2.45) is 0 Å². The average Bonchev–Trinajstić information content (AvgIpc) is 2.88. The van der Waals surface area contributed by atoms with Crippen LogP contribution in [0.2, 0.25) is 5.02 Å². The first-order valence-corrected chi connectivity index (χ1v) is 7.02. The minimum absolute atomic E-state index is 0.000257. The number of carboxylic acid groups (broad SMARTS) is 1. The van der Waals surface area contributed by atoms with Crippen LogP contribution in [-0.2, 0) is 6.42 Å². The lowest BCUT2D eigenvalue weighted by Gasteiger charge is -2.14. The zero-order valence-corrected chi connectivity index (χ0v) is 11.9. The summed E-state index contributed by atoms with van der Waals surface area (Å²) in [7, 11) is 0. The Balaban J connectivity index is 1.68. The molecule has 2 N–H and O–H groups in total. The molecule has 1 unspecified atom stereocenters. The van der Waals surface area contributed by atoms with Crippen LogP contribution in [0, 0.1) is 0 Å². The van der Waals surface area contributed by atoms with E-state index in [1.807, 2.05) is 24.3 Å². The number of fused-ring (bicyclic) bond motifs is 1. The first kappa shape index (κ1) is 13.8. The van der Waals surface area contributed by atoms with Crippen LogP contribution in [0.5, 0.6) is 5.75 Å². The van der Waals surface area contributed by atoms with Crippen molar-refractivity contribution in [2.75, 3.05) is 11.9 Å². The molecular formula is C16H14ClNO3. The predicted molar refractivity (Wildman–Crippen MR) is 81.5 cm³/mol. The molecule has 0 saturated heterocycles. The minimum Gasteiger partial charge on any atom is -0.488 e. The van der Waals surface area contributed by atoms with Crippen LogP contribution in [-0.4, -0.2) is 23.7 Å². The van der Waals surface area contributed by atoms with Crippen molar-refractivity contribution in [1.29, 1.82) is 0 Å². The van der Waals surface area contributed by atoms with Gasteiger partial charge in [-0.3, -0.25) is 0 Å². The molecule has 4 nitrogen and oxygen atoms in total. The number of para-hydroxylation sites is 1. The predicted octanol–water partition coefficient (Wildman–Crippen LogP) is 3.45. The summed E-state index contributed by atoms with van der Waals surface area (Å²) in [6, 6.07) is 12.7. The molecule has 1 atom stereocenters. The van der Waals surface area contributed by atoms with Crippen LogP contribution in [0.4, 0.5) is 5.69 Å². The summed E-state index contributed by atoms with van der Waals surface area (Å²) < 4.78 is 5.82. The lowest BCUT2D eigenvalue weighted by molar-refractivity contribution is 0.0698. The van der Waals surface area contributed by atoms with Gasteiger partial charge in [0.1, 0.15) is 11.9 Å². The summed E-state index contributed by atoms with van der Waals surface area (Å²) in [6.45, 7) is 0.538. The number of hydrogen-bond donors (Lipinski definition) is 2. The normalized spacial score (nSPS) is 16.1. The van der Waals surface area contributed by atoms with E-state index in [4.69, 9.17) is 16.3 Å². The SMILES string of the molecule is O=C(O)c1cc(Cl)ccc1NCC1Cc2ccccc2O1. The van der Waals surface area contributed by atoms with E-state index in [2.05, 4.69) is 5.32 Å². The van der Waals surface area contributed by atoms with E-state index in [0.29, 0.717) is 17.3 Å². The Kier molecular flexibility index (Phi) is 3.71. The lowest BCUT2D eigenvalue weighted by Crippen LogP contribution is -2.24. The highest BCUT2D eigenvalue weighted by molar-refractivity contribution is 6.31. The van der Waals surface area contributed by atoms with Crippen molar-refractivity contribution in [3.8, 4) is 5.75 Å². The third kappa shape index (κ3) is 2.95. The zero-order valence-electron chi connectivity index (χ0n) is 11.2. The van der Waals surface area contributed by atoms with E-state index in [-0.39, 0.29) is 11.7 Å². The van der Waals surface area contributed by atoms with Crippen LogP contribution in [0.25, 0.3) is 0 Å². The number of anilines is 1. The van der Waals surface area contributed by atoms with Gasteiger partial charge in [0, 0.05) is 17.1 Å². The van der Waals surface area contributed by atoms with Gasteiger partial charge in [-0.1, -0.05) is 29.8 Å².